The Morgan fingerprint density at radius 3 is 1.41 bits per heavy atom. The molecule has 2 heterocycles. The highest BCUT2D eigenvalue weighted by Gasteiger charge is 2.53. The second-order valence-electron chi connectivity index (χ2n) is 9.90. The molecule has 0 fully saturated rings. The monoisotopic (exact) mass is 556 g/mol. The van der Waals surface area contributed by atoms with E-state index in [0.717, 1.165) is 12.1 Å². The minimum absolute atomic E-state index is 0.0324. The van der Waals surface area contributed by atoms with Crippen molar-refractivity contribution in [3.05, 3.63) is 95.1 Å². The highest BCUT2D eigenvalue weighted by Crippen LogP contribution is 2.53. The summed E-state index contributed by atoms with van der Waals surface area (Å²) in [6.07, 6.45) is -2.23. The Morgan fingerprint density at radius 2 is 1.00 bits per heavy atom. The Hall–Kier alpha value is -5.38. The molecule has 208 valence electrons. The summed E-state index contributed by atoms with van der Waals surface area (Å²) in [5, 5.41) is 51.4. The second-order valence-corrected chi connectivity index (χ2v) is 9.90. The number of benzene rings is 4. The van der Waals surface area contributed by atoms with Crippen molar-refractivity contribution in [1.29, 1.82) is 0 Å². The first-order valence-electron chi connectivity index (χ1n) is 12.6. The maximum Gasteiger partial charge on any atom is 0.178 e. The molecular weight excluding hydrogens is 532 g/mol. The van der Waals surface area contributed by atoms with Crippen molar-refractivity contribution in [2.45, 2.75) is 12.2 Å². The van der Waals surface area contributed by atoms with Gasteiger partial charge in [0.2, 0.25) is 0 Å². The topological polar surface area (TPSA) is 163 Å². The number of carbonyl (C=O) groups is 2. The van der Waals surface area contributed by atoms with Crippen LogP contribution in [-0.2, 0) is 0 Å². The highest BCUT2D eigenvalue weighted by atomic mass is 16.5. The van der Waals surface area contributed by atoms with Crippen LogP contribution in [0.25, 0.3) is 0 Å². The van der Waals surface area contributed by atoms with Gasteiger partial charge in [0.05, 0.1) is 18.9 Å². The van der Waals surface area contributed by atoms with Gasteiger partial charge in [-0.2, -0.15) is 0 Å². The van der Waals surface area contributed by atoms with Gasteiger partial charge in [-0.15, -0.1) is 0 Å². The molecule has 41 heavy (non-hydrogen) atoms. The number of hydrogen-bond donors (Lipinski definition) is 5. The molecule has 2 aliphatic rings. The van der Waals surface area contributed by atoms with E-state index in [9.17, 15) is 35.1 Å². The summed E-state index contributed by atoms with van der Waals surface area (Å²) in [5.41, 5.74) is 0.493. The molecule has 5 N–H and O–H groups in total. The van der Waals surface area contributed by atoms with Crippen LogP contribution in [0.1, 0.15) is 44.1 Å². The van der Waals surface area contributed by atoms with E-state index < -0.39 is 47.1 Å². The molecule has 4 atom stereocenters. The highest BCUT2D eigenvalue weighted by molar-refractivity contribution is 6.11. The fourth-order valence-corrected chi connectivity index (χ4v) is 5.59. The number of rotatable bonds is 4. The molecule has 0 aliphatic carbocycles. The number of Topliss-reactive ketones (excluding diaryl/α,β-unsaturated/α-hetero) is 2. The van der Waals surface area contributed by atoms with E-state index in [4.69, 9.17) is 14.2 Å². The smallest absolute Gasteiger partial charge is 0.178 e. The zero-order chi connectivity index (χ0) is 29.0. The van der Waals surface area contributed by atoms with Crippen LogP contribution in [0.3, 0.4) is 0 Å². The molecule has 0 spiro atoms. The lowest BCUT2D eigenvalue weighted by Crippen LogP contribution is -2.45. The normalized spacial score (nSPS) is 21.3. The fraction of sp³-hybridized carbons (Fsp3) is 0.161. The summed E-state index contributed by atoms with van der Waals surface area (Å²) in [4.78, 5) is 28.6. The standard InChI is InChI=1S/C31H24O10/c1-39-19-8-4-15(5-9-19)31-27(29(38)25-21(36)11-18(34)13-23(25)41-31)26-28(37)24-20(35)10-17(33)12-22(24)40-30(26)14-2-6-16(32)7-3-14/h2-13,26-27,30-36H,1H3/t26-,27+,30+,31-/m1/s1. The van der Waals surface area contributed by atoms with Gasteiger partial charge in [0.15, 0.2) is 11.6 Å². The van der Waals surface area contributed by atoms with Crippen LogP contribution in [0.15, 0.2) is 72.8 Å². The number of carbonyl (C=O) groups excluding carboxylic acids is 2. The first-order chi connectivity index (χ1) is 19.7. The van der Waals surface area contributed by atoms with Crippen LogP contribution in [0, 0.1) is 11.8 Å². The maximum atomic E-state index is 14.3. The molecule has 0 saturated heterocycles. The van der Waals surface area contributed by atoms with Gasteiger partial charge in [0, 0.05) is 24.3 Å². The lowest BCUT2D eigenvalue weighted by molar-refractivity contribution is 0.0129. The molecule has 6 rings (SSSR count). The first-order valence-corrected chi connectivity index (χ1v) is 12.6. The summed E-state index contributed by atoms with van der Waals surface area (Å²) >= 11 is 0. The summed E-state index contributed by atoms with van der Waals surface area (Å²) in [5.74, 6) is -5.23. The number of hydrogen-bond acceptors (Lipinski definition) is 10. The van der Waals surface area contributed by atoms with Crippen LogP contribution in [-0.4, -0.2) is 44.2 Å². The van der Waals surface area contributed by atoms with Crippen molar-refractivity contribution < 1.29 is 49.3 Å². The summed E-state index contributed by atoms with van der Waals surface area (Å²) in [6.45, 7) is 0. The predicted octanol–water partition coefficient (Wildman–Crippen LogP) is 4.79. The molecule has 10 nitrogen and oxygen atoms in total. The van der Waals surface area contributed by atoms with Crippen LogP contribution >= 0.6 is 0 Å². The van der Waals surface area contributed by atoms with Crippen molar-refractivity contribution in [1.82, 2.24) is 0 Å². The molecule has 0 saturated carbocycles. The van der Waals surface area contributed by atoms with Gasteiger partial charge in [0.25, 0.3) is 0 Å². The van der Waals surface area contributed by atoms with Crippen molar-refractivity contribution in [3.8, 4) is 46.0 Å². The van der Waals surface area contributed by atoms with E-state index >= 15 is 0 Å². The lowest BCUT2D eigenvalue weighted by atomic mass is 9.69. The summed E-state index contributed by atoms with van der Waals surface area (Å²) in [7, 11) is 1.50. The third-order valence-corrected chi connectivity index (χ3v) is 7.44. The molecular formula is C31H24O10. The maximum absolute atomic E-state index is 14.3. The predicted molar refractivity (Wildman–Crippen MR) is 143 cm³/mol. The fourth-order valence-electron chi connectivity index (χ4n) is 5.59. The summed E-state index contributed by atoms with van der Waals surface area (Å²) < 4.78 is 17.7. The minimum Gasteiger partial charge on any atom is -0.508 e. The van der Waals surface area contributed by atoms with Gasteiger partial charge in [-0.1, -0.05) is 24.3 Å². The molecule has 0 unspecified atom stereocenters. The van der Waals surface area contributed by atoms with Gasteiger partial charge in [-0.3, -0.25) is 9.59 Å². The number of fused-ring (bicyclic) bond motifs is 2. The van der Waals surface area contributed by atoms with E-state index in [2.05, 4.69) is 0 Å². The number of ketones is 2. The van der Waals surface area contributed by atoms with Gasteiger partial charge in [-0.05, 0) is 35.4 Å². The van der Waals surface area contributed by atoms with Gasteiger partial charge in [0.1, 0.15) is 69.3 Å². The van der Waals surface area contributed by atoms with Gasteiger partial charge < -0.3 is 39.7 Å². The van der Waals surface area contributed by atoms with Crippen molar-refractivity contribution in [2.24, 2.45) is 11.8 Å². The number of aromatic hydroxyl groups is 5. The minimum atomic E-state index is -1.30. The zero-order valence-corrected chi connectivity index (χ0v) is 21.5. The molecule has 0 bridgehead atoms. The van der Waals surface area contributed by atoms with Gasteiger partial charge in [-0.25, -0.2) is 0 Å². The van der Waals surface area contributed by atoms with Gasteiger partial charge >= 0.3 is 0 Å². The number of ether oxygens (including phenoxy) is 3. The van der Waals surface area contributed by atoms with E-state index in [1.54, 1.807) is 24.3 Å². The van der Waals surface area contributed by atoms with E-state index in [1.165, 1.54) is 43.5 Å². The zero-order valence-electron chi connectivity index (χ0n) is 21.5. The molecule has 0 radical (unpaired) electrons. The Morgan fingerprint density at radius 1 is 0.585 bits per heavy atom. The largest absolute Gasteiger partial charge is 0.508 e. The van der Waals surface area contributed by atoms with Crippen molar-refractivity contribution in [2.75, 3.05) is 7.11 Å². The third-order valence-electron chi connectivity index (χ3n) is 7.44. The molecule has 10 heteroatoms. The van der Waals surface area contributed by atoms with E-state index in [1.807, 2.05) is 0 Å². The Kier molecular flexibility index (Phi) is 6.10. The van der Waals surface area contributed by atoms with Crippen LogP contribution in [0.4, 0.5) is 0 Å². The molecule has 2 aliphatic heterocycles. The van der Waals surface area contributed by atoms with Crippen LogP contribution < -0.4 is 14.2 Å². The number of phenolic OH excluding ortho intramolecular Hbond substituents is 5. The molecule has 0 aromatic heterocycles. The number of phenols is 5. The molecule has 4 aromatic rings. The summed E-state index contributed by atoms with van der Waals surface area (Å²) in [6, 6.07) is 17.0. The third kappa shape index (κ3) is 4.29. The van der Waals surface area contributed by atoms with E-state index in [0.29, 0.717) is 16.9 Å². The van der Waals surface area contributed by atoms with Crippen molar-refractivity contribution >= 4 is 11.6 Å². The Balaban J connectivity index is 1.58. The average Bonchev–Trinajstić information content (AvgIpc) is 2.93. The number of methoxy groups -OCH3 is 1. The van der Waals surface area contributed by atoms with Crippen LogP contribution in [0.5, 0.6) is 46.0 Å². The Labute approximate surface area is 233 Å². The molecule has 0 amide bonds. The second kappa shape index (κ2) is 9.67. The Bertz CT molecular complexity index is 1680. The lowest BCUT2D eigenvalue weighted by Gasteiger charge is -2.42. The molecule has 4 aromatic carbocycles. The first kappa shape index (κ1) is 25.9. The quantitative estimate of drug-likeness (QED) is 0.236. The van der Waals surface area contributed by atoms with E-state index in [-0.39, 0.29) is 39.9 Å². The van der Waals surface area contributed by atoms with Crippen LogP contribution in [0.2, 0.25) is 0 Å². The average molecular weight is 557 g/mol. The van der Waals surface area contributed by atoms with Crippen molar-refractivity contribution in [3.63, 3.8) is 0 Å². The SMILES string of the molecule is COc1ccc([C@H]2Oc3cc(O)cc(O)c3C(=O)[C@@H]2[C@@H]2C(=O)c3c(O)cc(O)cc3O[C@H]2c2ccc(O)cc2)cc1.